The molecule has 0 bridgehead atoms. The van der Waals surface area contributed by atoms with Crippen molar-refractivity contribution in [3.63, 3.8) is 0 Å². The number of carbonyl (C=O) groups excluding carboxylic acids is 1. The highest BCUT2D eigenvalue weighted by atomic mass is 19.4. The molecule has 0 radical (unpaired) electrons. The molecule has 0 N–H and O–H groups in total. The number of hydrogen-bond acceptors (Lipinski definition) is 2. The molecule has 3 nitrogen and oxygen atoms in total. The van der Waals surface area contributed by atoms with Crippen molar-refractivity contribution in [3.05, 3.63) is 53.6 Å². The molecule has 2 rings (SSSR count). The Bertz CT molecular complexity index is 617. The van der Waals surface area contributed by atoms with Crippen LogP contribution in [0, 0.1) is 0 Å². The van der Waals surface area contributed by atoms with Crippen LogP contribution in [0.5, 0.6) is 0 Å². The van der Waals surface area contributed by atoms with Crippen molar-refractivity contribution in [1.29, 1.82) is 0 Å². The van der Waals surface area contributed by atoms with E-state index in [-0.39, 0.29) is 12.0 Å². The zero-order valence-electron chi connectivity index (χ0n) is 10.8. The molecule has 0 aliphatic heterocycles. The van der Waals surface area contributed by atoms with Gasteiger partial charge in [0.2, 0.25) is 0 Å². The summed E-state index contributed by atoms with van der Waals surface area (Å²) in [5.74, 6) is 0.142. The molecule has 6 heteroatoms. The lowest BCUT2D eigenvalue weighted by molar-refractivity contribution is -0.137. The number of rotatable bonds is 4. The predicted molar refractivity (Wildman–Crippen MR) is 67.3 cm³/mol. The normalized spacial score (nSPS) is 11.6. The SMILES string of the molecule is Cn1ccnc1CCC(=O)c1ccccc1C(F)(F)F. The average molecular weight is 282 g/mol. The fourth-order valence-corrected chi connectivity index (χ4v) is 1.97. The van der Waals surface area contributed by atoms with Gasteiger partial charge < -0.3 is 4.57 Å². The van der Waals surface area contributed by atoms with E-state index < -0.39 is 17.5 Å². The van der Waals surface area contributed by atoms with E-state index in [1.54, 1.807) is 24.0 Å². The van der Waals surface area contributed by atoms with Crippen molar-refractivity contribution < 1.29 is 18.0 Å². The number of benzene rings is 1. The number of halogens is 3. The number of Topliss-reactive ketones (excluding diaryl/α,β-unsaturated/α-hetero) is 1. The van der Waals surface area contributed by atoms with E-state index in [0.29, 0.717) is 12.2 Å². The zero-order valence-corrected chi connectivity index (χ0v) is 10.8. The molecule has 1 heterocycles. The van der Waals surface area contributed by atoms with Gasteiger partial charge in [-0.3, -0.25) is 4.79 Å². The van der Waals surface area contributed by atoms with Crippen molar-refractivity contribution >= 4 is 5.78 Å². The lowest BCUT2D eigenvalue weighted by Gasteiger charge is -2.11. The van der Waals surface area contributed by atoms with Gasteiger partial charge in [0.25, 0.3) is 0 Å². The van der Waals surface area contributed by atoms with Crippen molar-refractivity contribution in [1.82, 2.24) is 9.55 Å². The maximum absolute atomic E-state index is 12.8. The summed E-state index contributed by atoms with van der Waals surface area (Å²) in [6.07, 6.45) is -0.894. The molecule has 0 saturated heterocycles. The number of imidazole rings is 1. The van der Waals surface area contributed by atoms with Gasteiger partial charge in [0, 0.05) is 37.8 Å². The lowest BCUT2D eigenvalue weighted by Crippen LogP contribution is -2.14. The first kappa shape index (κ1) is 14.3. The minimum absolute atomic E-state index is 0.00204. The van der Waals surface area contributed by atoms with Crippen LogP contribution in [0.3, 0.4) is 0 Å². The number of ketones is 1. The van der Waals surface area contributed by atoms with E-state index >= 15 is 0 Å². The Balaban J connectivity index is 2.16. The molecule has 0 fully saturated rings. The molecule has 0 unspecified atom stereocenters. The molecule has 2 aromatic rings. The van der Waals surface area contributed by atoms with E-state index in [1.807, 2.05) is 0 Å². The smallest absolute Gasteiger partial charge is 0.338 e. The van der Waals surface area contributed by atoms with Crippen LogP contribution >= 0.6 is 0 Å². The monoisotopic (exact) mass is 282 g/mol. The van der Waals surface area contributed by atoms with E-state index in [2.05, 4.69) is 4.98 Å². The van der Waals surface area contributed by atoms with Gasteiger partial charge >= 0.3 is 6.18 Å². The number of aryl methyl sites for hydroxylation is 2. The van der Waals surface area contributed by atoms with Crippen LogP contribution in [-0.2, 0) is 19.6 Å². The van der Waals surface area contributed by atoms with Crippen LogP contribution in [0.4, 0.5) is 13.2 Å². The van der Waals surface area contributed by atoms with Gasteiger partial charge in [-0.2, -0.15) is 13.2 Å². The number of alkyl halides is 3. The minimum Gasteiger partial charge on any atom is -0.338 e. The Hall–Kier alpha value is -2.11. The molecule has 0 aliphatic carbocycles. The van der Waals surface area contributed by atoms with Crippen molar-refractivity contribution in [2.24, 2.45) is 7.05 Å². The van der Waals surface area contributed by atoms with Gasteiger partial charge in [0.05, 0.1) is 5.56 Å². The van der Waals surface area contributed by atoms with E-state index in [1.165, 1.54) is 18.2 Å². The highest BCUT2D eigenvalue weighted by Crippen LogP contribution is 2.32. The quantitative estimate of drug-likeness (QED) is 0.807. The van der Waals surface area contributed by atoms with Crippen LogP contribution in [-0.4, -0.2) is 15.3 Å². The third-order valence-electron chi connectivity index (χ3n) is 3.03. The molecular weight excluding hydrogens is 269 g/mol. The molecule has 0 spiro atoms. The number of nitrogens with zero attached hydrogens (tertiary/aromatic N) is 2. The summed E-state index contributed by atoms with van der Waals surface area (Å²) in [6.45, 7) is 0. The van der Waals surface area contributed by atoms with Crippen LogP contribution in [0.25, 0.3) is 0 Å². The lowest BCUT2D eigenvalue weighted by atomic mass is 10.00. The molecule has 1 aromatic heterocycles. The van der Waals surface area contributed by atoms with Crippen molar-refractivity contribution in [3.8, 4) is 0 Å². The third kappa shape index (κ3) is 3.07. The zero-order chi connectivity index (χ0) is 14.8. The average Bonchev–Trinajstić information content (AvgIpc) is 2.80. The summed E-state index contributed by atoms with van der Waals surface area (Å²) in [6, 6.07) is 4.85. The largest absolute Gasteiger partial charge is 0.417 e. The molecule has 0 amide bonds. The van der Waals surface area contributed by atoms with Gasteiger partial charge in [0.1, 0.15) is 5.82 Å². The first-order valence-corrected chi connectivity index (χ1v) is 6.05. The molecule has 0 atom stereocenters. The van der Waals surface area contributed by atoms with Crippen LogP contribution in [0.15, 0.2) is 36.7 Å². The van der Waals surface area contributed by atoms with Gasteiger partial charge in [-0.25, -0.2) is 4.98 Å². The topological polar surface area (TPSA) is 34.9 Å². The van der Waals surface area contributed by atoms with Gasteiger partial charge in [-0.05, 0) is 6.07 Å². The van der Waals surface area contributed by atoms with Gasteiger partial charge in [-0.15, -0.1) is 0 Å². The summed E-state index contributed by atoms with van der Waals surface area (Å²) < 4.78 is 40.2. The maximum atomic E-state index is 12.8. The summed E-state index contributed by atoms with van der Waals surface area (Å²) >= 11 is 0. The van der Waals surface area contributed by atoms with Gasteiger partial charge in [-0.1, -0.05) is 18.2 Å². The Morgan fingerprint density at radius 1 is 1.30 bits per heavy atom. The number of aromatic nitrogens is 2. The predicted octanol–water partition coefficient (Wildman–Crippen LogP) is 3.25. The highest BCUT2D eigenvalue weighted by molar-refractivity contribution is 5.97. The fraction of sp³-hybridized carbons (Fsp3) is 0.286. The molecule has 20 heavy (non-hydrogen) atoms. The molecule has 1 aromatic carbocycles. The Kier molecular flexibility index (Phi) is 3.92. The standard InChI is InChI=1S/C14H13F3N2O/c1-19-9-8-18-13(19)7-6-12(20)10-4-2-3-5-11(10)14(15,16)17/h2-5,8-9H,6-7H2,1H3. The Morgan fingerprint density at radius 2 is 2.00 bits per heavy atom. The second kappa shape index (κ2) is 5.48. The molecular formula is C14H13F3N2O. The van der Waals surface area contributed by atoms with Gasteiger partial charge in [0.15, 0.2) is 5.78 Å². The summed E-state index contributed by atoms with van der Waals surface area (Å²) in [5.41, 5.74) is -1.17. The van der Waals surface area contributed by atoms with Crippen LogP contribution in [0.1, 0.15) is 28.2 Å². The summed E-state index contributed by atoms with van der Waals surface area (Å²) in [4.78, 5) is 16.0. The van der Waals surface area contributed by atoms with E-state index in [4.69, 9.17) is 0 Å². The number of carbonyl (C=O) groups is 1. The second-order valence-corrected chi connectivity index (χ2v) is 4.42. The maximum Gasteiger partial charge on any atom is 0.417 e. The van der Waals surface area contributed by atoms with Crippen LogP contribution < -0.4 is 0 Å². The summed E-state index contributed by atoms with van der Waals surface area (Å²) in [5, 5.41) is 0. The summed E-state index contributed by atoms with van der Waals surface area (Å²) in [7, 11) is 1.77. The fourth-order valence-electron chi connectivity index (χ4n) is 1.97. The molecule has 0 aliphatic rings. The van der Waals surface area contributed by atoms with Crippen LogP contribution in [0.2, 0.25) is 0 Å². The van der Waals surface area contributed by atoms with Crippen molar-refractivity contribution in [2.45, 2.75) is 19.0 Å². The molecule has 106 valence electrons. The van der Waals surface area contributed by atoms with E-state index in [0.717, 1.165) is 6.07 Å². The minimum atomic E-state index is -4.52. The first-order chi connectivity index (χ1) is 9.39. The first-order valence-electron chi connectivity index (χ1n) is 6.05. The van der Waals surface area contributed by atoms with E-state index in [9.17, 15) is 18.0 Å². The second-order valence-electron chi connectivity index (χ2n) is 4.42. The Morgan fingerprint density at radius 3 is 2.60 bits per heavy atom. The highest BCUT2D eigenvalue weighted by Gasteiger charge is 2.34. The molecule has 0 saturated carbocycles. The Labute approximate surface area is 114 Å². The third-order valence-corrected chi connectivity index (χ3v) is 3.03. The van der Waals surface area contributed by atoms with Crippen molar-refractivity contribution in [2.75, 3.05) is 0 Å². The number of hydrogen-bond donors (Lipinski definition) is 0.